The van der Waals surface area contributed by atoms with Crippen molar-refractivity contribution in [3.05, 3.63) is 33.8 Å². The summed E-state index contributed by atoms with van der Waals surface area (Å²) in [7, 11) is 4.30. The number of rotatable bonds is 8. The van der Waals surface area contributed by atoms with E-state index in [1.807, 2.05) is 12.1 Å². The van der Waals surface area contributed by atoms with Crippen LogP contribution in [0.25, 0.3) is 0 Å². The first-order valence-electron chi connectivity index (χ1n) is 7.69. The molecule has 21 heavy (non-hydrogen) atoms. The Bertz CT molecular complexity index is 448. The molecule has 0 bridgehead atoms. The van der Waals surface area contributed by atoms with Crippen molar-refractivity contribution in [3.63, 3.8) is 0 Å². The number of nitrogens with zero attached hydrogens (tertiary/aromatic N) is 1. The highest BCUT2D eigenvalue weighted by molar-refractivity contribution is 6.42. The van der Waals surface area contributed by atoms with Crippen molar-refractivity contribution >= 4 is 23.2 Å². The molecule has 0 heterocycles. The van der Waals surface area contributed by atoms with Gasteiger partial charge in [-0.15, -0.1) is 0 Å². The molecular formula is C17H28Cl2N2. The van der Waals surface area contributed by atoms with Gasteiger partial charge in [0.25, 0.3) is 0 Å². The average molecular weight is 331 g/mol. The summed E-state index contributed by atoms with van der Waals surface area (Å²) in [6.45, 7) is 7.78. The molecule has 2 atom stereocenters. The zero-order chi connectivity index (χ0) is 16.0. The van der Waals surface area contributed by atoms with Gasteiger partial charge in [-0.2, -0.15) is 0 Å². The molecule has 0 saturated heterocycles. The lowest BCUT2D eigenvalue weighted by Gasteiger charge is -2.43. The van der Waals surface area contributed by atoms with E-state index in [2.05, 4.69) is 51.1 Å². The highest BCUT2D eigenvalue weighted by Crippen LogP contribution is 2.27. The van der Waals surface area contributed by atoms with Gasteiger partial charge in [0.2, 0.25) is 0 Å². The fourth-order valence-corrected chi connectivity index (χ4v) is 2.93. The first kappa shape index (κ1) is 18.8. The van der Waals surface area contributed by atoms with Crippen LogP contribution in [-0.4, -0.2) is 37.1 Å². The van der Waals surface area contributed by atoms with Crippen LogP contribution in [0.2, 0.25) is 10.0 Å². The summed E-state index contributed by atoms with van der Waals surface area (Å²) in [5.41, 5.74) is 1.32. The van der Waals surface area contributed by atoms with Gasteiger partial charge in [0, 0.05) is 11.6 Å². The van der Waals surface area contributed by atoms with Crippen LogP contribution in [0.4, 0.5) is 0 Å². The summed E-state index contributed by atoms with van der Waals surface area (Å²) >= 11 is 12.2. The van der Waals surface area contributed by atoms with Crippen LogP contribution in [0.3, 0.4) is 0 Å². The largest absolute Gasteiger partial charge is 0.312 e. The molecule has 0 amide bonds. The second kappa shape index (κ2) is 8.38. The lowest BCUT2D eigenvalue weighted by atomic mass is 9.84. The summed E-state index contributed by atoms with van der Waals surface area (Å²) in [6, 6.07) is 6.31. The first-order valence-corrected chi connectivity index (χ1v) is 8.45. The van der Waals surface area contributed by atoms with Gasteiger partial charge in [0.1, 0.15) is 0 Å². The van der Waals surface area contributed by atoms with Crippen LogP contribution < -0.4 is 5.32 Å². The molecule has 1 N–H and O–H groups in total. The fraction of sp³-hybridized carbons (Fsp3) is 0.647. The maximum absolute atomic E-state index is 6.15. The predicted molar refractivity (Wildman–Crippen MR) is 94.6 cm³/mol. The van der Waals surface area contributed by atoms with Crippen LogP contribution in [-0.2, 0) is 6.42 Å². The van der Waals surface area contributed by atoms with Crippen molar-refractivity contribution in [2.24, 2.45) is 0 Å². The summed E-state index contributed by atoms with van der Waals surface area (Å²) in [5.74, 6) is 0. The van der Waals surface area contributed by atoms with Crippen molar-refractivity contribution in [2.45, 2.75) is 51.6 Å². The molecular weight excluding hydrogens is 303 g/mol. The second-order valence-electron chi connectivity index (χ2n) is 6.06. The second-order valence-corrected chi connectivity index (χ2v) is 6.88. The number of halogens is 2. The van der Waals surface area contributed by atoms with Gasteiger partial charge in [-0.1, -0.05) is 43.1 Å². The van der Waals surface area contributed by atoms with Crippen LogP contribution in [0.5, 0.6) is 0 Å². The van der Waals surface area contributed by atoms with E-state index in [9.17, 15) is 0 Å². The van der Waals surface area contributed by atoms with E-state index in [0.717, 1.165) is 25.8 Å². The summed E-state index contributed by atoms with van der Waals surface area (Å²) in [5, 5.41) is 4.95. The maximum atomic E-state index is 6.15. The lowest BCUT2D eigenvalue weighted by molar-refractivity contribution is 0.112. The molecule has 4 heteroatoms. The van der Waals surface area contributed by atoms with Crippen molar-refractivity contribution < 1.29 is 0 Å². The molecule has 2 unspecified atom stereocenters. The predicted octanol–water partition coefficient (Wildman–Crippen LogP) is 4.63. The smallest absolute Gasteiger partial charge is 0.0595 e. The number of hydrogen-bond acceptors (Lipinski definition) is 2. The Morgan fingerprint density at radius 3 is 2.33 bits per heavy atom. The Morgan fingerprint density at radius 2 is 1.86 bits per heavy atom. The molecule has 1 aromatic carbocycles. The van der Waals surface area contributed by atoms with E-state index in [1.165, 1.54) is 5.56 Å². The summed E-state index contributed by atoms with van der Waals surface area (Å²) < 4.78 is 0. The molecule has 120 valence electrons. The summed E-state index contributed by atoms with van der Waals surface area (Å²) in [6.07, 6.45) is 3.16. The van der Waals surface area contributed by atoms with Crippen molar-refractivity contribution in [1.29, 1.82) is 0 Å². The normalized spacial score (nSPS) is 16.0. The van der Waals surface area contributed by atoms with Gasteiger partial charge < -0.3 is 10.2 Å². The van der Waals surface area contributed by atoms with Gasteiger partial charge in [-0.25, -0.2) is 0 Å². The van der Waals surface area contributed by atoms with E-state index in [1.54, 1.807) is 0 Å². The van der Waals surface area contributed by atoms with E-state index < -0.39 is 0 Å². The third kappa shape index (κ3) is 4.85. The van der Waals surface area contributed by atoms with Crippen molar-refractivity contribution in [3.8, 4) is 0 Å². The van der Waals surface area contributed by atoms with Gasteiger partial charge in [0.15, 0.2) is 0 Å². The van der Waals surface area contributed by atoms with Gasteiger partial charge >= 0.3 is 0 Å². The molecule has 0 aliphatic rings. The monoisotopic (exact) mass is 330 g/mol. The average Bonchev–Trinajstić information content (AvgIpc) is 2.46. The molecule has 0 aliphatic heterocycles. The molecule has 0 aliphatic carbocycles. The maximum Gasteiger partial charge on any atom is 0.0595 e. The number of nitrogens with one attached hydrogen (secondary N) is 1. The minimum Gasteiger partial charge on any atom is -0.312 e. The van der Waals surface area contributed by atoms with Gasteiger partial charge in [-0.3, -0.25) is 0 Å². The summed E-state index contributed by atoms with van der Waals surface area (Å²) in [4.78, 5) is 2.32. The third-order valence-corrected chi connectivity index (χ3v) is 5.29. The molecule has 0 aromatic heterocycles. The lowest BCUT2D eigenvalue weighted by Crippen LogP contribution is -2.57. The Balaban J connectivity index is 2.99. The topological polar surface area (TPSA) is 15.3 Å². The quantitative estimate of drug-likeness (QED) is 0.747. The Labute approximate surface area is 139 Å². The van der Waals surface area contributed by atoms with E-state index in [0.29, 0.717) is 16.1 Å². The fourth-order valence-electron chi connectivity index (χ4n) is 2.61. The van der Waals surface area contributed by atoms with E-state index in [-0.39, 0.29) is 5.54 Å². The SMILES string of the molecule is CCCNC(Cc1ccc(Cl)c(Cl)c1)C(C)(CC)N(C)C. The van der Waals surface area contributed by atoms with Crippen LogP contribution in [0, 0.1) is 0 Å². The molecule has 0 fully saturated rings. The Kier molecular flexibility index (Phi) is 7.49. The Hall–Kier alpha value is -0.280. The number of hydrogen-bond donors (Lipinski definition) is 1. The molecule has 1 rings (SSSR count). The minimum absolute atomic E-state index is 0.0985. The standard InChI is InChI=1S/C17H28Cl2N2/c1-6-10-20-16(17(3,7-2)21(4)5)12-13-8-9-14(18)15(19)11-13/h8-9,11,16,20H,6-7,10,12H2,1-5H3. The van der Waals surface area contributed by atoms with Crippen molar-refractivity contribution in [1.82, 2.24) is 10.2 Å². The highest BCUT2D eigenvalue weighted by Gasteiger charge is 2.34. The Morgan fingerprint density at radius 1 is 1.19 bits per heavy atom. The molecule has 0 radical (unpaired) electrons. The molecule has 1 aromatic rings. The zero-order valence-electron chi connectivity index (χ0n) is 13.8. The highest BCUT2D eigenvalue weighted by atomic mass is 35.5. The first-order chi connectivity index (χ1) is 9.85. The number of benzene rings is 1. The van der Waals surface area contributed by atoms with Crippen LogP contribution >= 0.6 is 23.2 Å². The van der Waals surface area contributed by atoms with Crippen LogP contribution in [0.1, 0.15) is 39.2 Å². The minimum atomic E-state index is 0.0985. The zero-order valence-corrected chi connectivity index (χ0v) is 15.4. The molecule has 0 spiro atoms. The number of likely N-dealkylation sites (N-methyl/N-ethyl adjacent to an activating group) is 1. The molecule has 0 saturated carbocycles. The van der Waals surface area contributed by atoms with Crippen molar-refractivity contribution in [2.75, 3.05) is 20.6 Å². The molecule has 2 nitrogen and oxygen atoms in total. The van der Waals surface area contributed by atoms with E-state index >= 15 is 0 Å². The van der Waals surface area contributed by atoms with Gasteiger partial charge in [0.05, 0.1) is 10.0 Å². The van der Waals surface area contributed by atoms with Crippen LogP contribution in [0.15, 0.2) is 18.2 Å². The third-order valence-electron chi connectivity index (χ3n) is 4.55. The van der Waals surface area contributed by atoms with E-state index in [4.69, 9.17) is 23.2 Å². The van der Waals surface area contributed by atoms with Gasteiger partial charge in [-0.05, 0) is 64.5 Å².